The second-order valence-corrected chi connectivity index (χ2v) is 6.17. The second-order valence-electron chi connectivity index (χ2n) is 6.17. The molecule has 0 amide bonds. The number of hydrogen-bond donors (Lipinski definition) is 0. The minimum absolute atomic E-state index is 0.754. The molecule has 4 heteroatoms. The Labute approximate surface area is 128 Å². The van der Waals surface area contributed by atoms with E-state index in [0.29, 0.717) is 0 Å². The van der Waals surface area contributed by atoms with Gasteiger partial charge in [-0.15, -0.1) is 0 Å². The van der Waals surface area contributed by atoms with Gasteiger partial charge in [-0.25, -0.2) is 0 Å². The number of nitriles is 1. The third kappa shape index (κ3) is 4.82. The van der Waals surface area contributed by atoms with Gasteiger partial charge in [0.15, 0.2) is 0 Å². The summed E-state index contributed by atoms with van der Waals surface area (Å²) in [7, 11) is 4.26. The van der Waals surface area contributed by atoms with Crippen LogP contribution in [0.5, 0.6) is 0 Å². The van der Waals surface area contributed by atoms with Crippen molar-refractivity contribution in [3.05, 3.63) is 34.9 Å². The summed E-state index contributed by atoms with van der Waals surface area (Å²) < 4.78 is 0. The highest BCUT2D eigenvalue weighted by Gasteiger charge is 2.17. The van der Waals surface area contributed by atoms with Crippen LogP contribution in [0.4, 0.5) is 0 Å². The minimum Gasteiger partial charge on any atom is -0.308 e. The molecule has 1 saturated heterocycles. The molecule has 2 rings (SSSR count). The van der Waals surface area contributed by atoms with Gasteiger partial charge in [-0.1, -0.05) is 6.07 Å². The summed E-state index contributed by atoms with van der Waals surface area (Å²) in [6, 6.07) is 8.22. The number of rotatable bonds is 5. The maximum atomic E-state index is 8.92. The lowest BCUT2D eigenvalue weighted by molar-refractivity contribution is 0.120. The fourth-order valence-corrected chi connectivity index (χ4v) is 2.70. The molecule has 0 radical (unpaired) electrons. The van der Waals surface area contributed by atoms with Crippen LogP contribution in [-0.4, -0.2) is 68.1 Å². The zero-order valence-electron chi connectivity index (χ0n) is 13.5. The number of aryl methyl sites for hydroxylation is 1. The van der Waals surface area contributed by atoms with Gasteiger partial charge in [0.25, 0.3) is 0 Å². The Balaban J connectivity index is 1.82. The van der Waals surface area contributed by atoms with Gasteiger partial charge in [0.2, 0.25) is 0 Å². The quantitative estimate of drug-likeness (QED) is 0.822. The summed E-state index contributed by atoms with van der Waals surface area (Å²) in [5.41, 5.74) is 3.32. The lowest BCUT2D eigenvalue weighted by Gasteiger charge is -2.35. The predicted molar refractivity (Wildman–Crippen MR) is 86.2 cm³/mol. The highest BCUT2D eigenvalue weighted by Crippen LogP contribution is 2.14. The van der Waals surface area contributed by atoms with Crippen LogP contribution in [0, 0.1) is 18.3 Å². The molecule has 1 fully saturated rings. The summed E-state index contributed by atoms with van der Waals surface area (Å²) in [6.07, 6.45) is 0. The van der Waals surface area contributed by atoms with E-state index >= 15 is 0 Å². The first-order valence-corrected chi connectivity index (χ1v) is 7.67. The molecule has 0 spiro atoms. The first-order chi connectivity index (χ1) is 10.1. The Hall–Kier alpha value is -1.41. The monoisotopic (exact) mass is 286 g/mol. The fourth-order valence-electron chi connectivity index (χ4n) is 2.70. The van der Waals surface area contributed by atoms with Crippen LogP contribution >= 0.6 is 0 Å². The molecule has 0 aromatic heterocycles. The van der Waals surface area contributed by atoms with E-state index in [1.165, 1.54) is 11.1 Å². The molecule has 4 nitrogen and oxygen atoms in total. The third-order valence-corrected chi connectivity index (χ3v) is 4.19. The van der Waals surface area contributed by atoms with Crippen molar-refractivity contribution in [2.45, 2.75) is 13.5 Å². The summed E-state index contributed by atoms with van der Waals surface area (Å²) in [4.78, 5) is 7.30. The van der Waals surface area contributed by atoms with Gasteiger partial charge in [0, 0.05) is 45.8 Å². The van der Waals surface area contributed by atoms with Gasteiger partial charge in [-0.05, 0) is 44.3 Å². The standard InChI is InChI=1S/C17H26N4/c1-15-12-16(13-18)4-5-17(15)14-21-10-8-20(9-11-21)7-6-19(2)3/h4-5,12H,6-11,14H2,1-3H3. The topological polar surface area (TPSA) is 33.5 Å². The summed E-state index contributed by atoms with van der Waals surface area (Å²) in [6.45, 7) is 9.97. The number of piperazine rings is 1. The van der Waals surface area contributed by atoms with Gasteiger partial charge < -0.3 is 4.90 Å². The summed E-state index contributed by atoms with van der Waals surface area (Å²) in [5, 5.41) is 8.92. The average molecular weight is 286 g/mol. The molecule has 0 unspecified atom stereocenters. The van der Waals surface area contributed by atoms with Crippen LogP contribution in [0.1, 0.15) is 16.7 Å². The van der Waals surface area contributed by atoms with Gasteiger partial charge in [0.1, 0.15) is 0 Å². The largest absolute Gasteiger partial charge is 0.308 e. The highest BCUT2D eigenvalue weighted by atomic mass is 15.3. The number of nitrogens with zero attached hydrogens (tertiary/aromatic N) is 4. The van der Waals surface area contributed by atoms with E-state index in [1.54, 1.807) is 0 Å². The molecule has 0 aliphatic carbocycles. The molecule has 1 aromatic rings. The normalized spacial score (nSPS) is 17.1. The van der Waals surface area contributed by atoms with E-state index in [4.69, 9.17) is 5.26 Å². The van der Waals surface area contributed by atoms with Crippen molar-refractivity contribution in [2.24, 2.45) is 0 Å². The Morgan fingerprint density at radius 3 is 2.38 bits per heavy atom. The number of hydrogen-bond acceptors (Lipinski definition) is 4. The van der Waals surface area contributed by atoms with Gasteiger partial charge in [-0.2, -0.15) is 5.26 Å². The van der Waals surface area contributed by atoms with E-state index < -0.39 is 0 Å². The zero-order chi connectivity index (χ0) is 15.2. The minimum atomic E-state index is 0.754. The van der Waals surface area contributed by atoms with E-state index in [2.05, 4.69) is 47.9 Å². The van der Waals surface area contributed by atoms with Gasteiger partial charge in [-0.3, -0.25) is 9.80 Å². The van der Waals surface area contributed by atoms with Crippen molar-refractivity contribution in [3.63, 3.8) is 0 Å². The van der Waals surface area contributed by atoms with Crippen molar-refractivity contribution < 1.29 is 0 Å². The van der Waals surface area contributed by atoms with Crippen LogP contribution in [0.25, 0.3) is 0 Å². The number of likely N-dealkylation sites (N-methyl/N-ethyl adjacent to an activating group) is 1. The van der Waals surface area contributed by atoms with E-state index in [0.717, 1.165) is 51.4 Å². The lowest BCUT2D eigenvalue weighted by atomic mass is 10.0. The maximum Gasteiger partial charge on any atom is 0.0991 e. The molecule has 0 atom stereocenters. The maximum absolute atomic E-state index is 8.92. The molecule has 1 aromatic carbocycles. The third-order valence-electron chi connectivity index (χ3n) is 4.19. The summed E-state index contributed by atoms with van der Waals surface area (Å²) >= 11 is 0. The smallest absolute Gasteiger partial charge is 0.0991 e. The molecule has 0 bridgehead atoms. The first-order valence-electron chi connectivity index (χ1n) is 7.67. The molecule has 1 aliphatic rings. The number of benzene rings is 1. The zero-order valence-corrected chi connectivity index (χ0v) is 13.5. The second kappa shape index (κ2) is 7.56. The average Bonchev–Trinajstić information content (AvgIpc) is 2.48. The molecular weight excluding hydrogens is 260 g/mol. The lowest BCUT2D eigenvalue weighted by Crippen LogP contribution is -2.47. The molecule has 1 aliphatic heterocycles. The molecule has 1 heterocycles. The SMILES string of the molecule is Cc1cc(C#N)ccc1CN1CCN(CCN(C)C)CC1. The predicted octanol–water partition coefficient (Wildman–Crippen LogP) is 1.55. The van der Waals surface area contributed by atoms with Crippen molar-refractivity contribution in [3.8, 4) is 6.07 Å². The van der Waals surface area contributed by atoms with E-state index in [-0.39, 0.29) is 0 Å². The fraction of sp³-hybridized carbons (Fsp3) is 0.588. The highest BCUT2D eigenvalue weighted by molar-refractivity contribution is 5.37. The molecule has 0 N–H and O–H groups in total. The molecule has 114 valence electrons. The van der Waals surface area contributed by atoms with E-state index in [1.807, 2.05) is 12.1 Å². The van der Waals surface area contributed by atoms with Crippen LogP contribution in [0.15, 0.2) is 18.2 Å². The van der Waals surface area contributed by atoms with Crippen LogP contribution in [-0.2, 0) is 6.54 Å². The molecule has 21 heavy (non-hydrogen) atoms. The van der Waals surface area contributed by atoms with Crippen molar-refractivity contribution in [1.29, 1.82) is 5.26 Å². The van der Waals surface area contributed by atoms with Crippen molar-refractivity contribution >= 4 is 0 Å². The van der Waals surface area contributed by atoms with Gasteiger partial charge in [0.05, 0.1) is 11.6 Å². The van der Waals surface area contributed by atoms with Crippen molar-refractivity contribution in [2.75, 3.05) is 53.4 Å². The van der Waals surface area contributed by atoms with Crippen molar-refractivity contribution in [1.82, 2.24) is 14.7 Å². The van der Waals surface area contributed by atoms with Crippen LogP contribution in [0.2, 0.25) is 0 Å². The van der Waals surface area contributed by atoms with Crippen LogP contribution in [0.3, 0.4) is 0 Å². The van der Waals surface area contributed by atoms with Crippen LogP contribution < -0.4 is 0 Å². The Morgan fingerprint density at radius 2 is 1.81 bits per heavy atom. The first kappa shape index (κ1) is 16.0. The van der Waals surface area contributed by atoms with E-state index in [9.17, 15) is 0 Å². The Morgan fingerprint density at radius 1 is 1.14 bits per heavy atom. The Bertz CT molecular complexity index is 496. The summed E-state index contributed by atoms with van der Waals surface area (Å²) in [5.74, 6) is 0. The van der Waals surface area contributed by atoms with Gasteiger partial charge >= 0.3 is 0 Å². The Kier molecular flexibility index (Phi) is 5.75. The molecular formula is C17H26N4. The molecule has 0 saturated carbocycles.